The molecule has 1 atom stereocenters. The van der Waals surface area contributed by atoms with Crippen LogP contribution in [0, 0.1) is 5.92 Å². The van der Waals surface area contributed by atoms with Crippen molar-refractivity contribution < 1.29 is 5.11 Å². The Morgan fingerprint density at radius 3 is 2.00 bits per heavy atom. The van der Waals surface area contributed by atoms with Gasteiger partial charge in [-0.15, -0.1) is 0 Å². The van der Waals surface area contributed by atoms with Crippen LogP contribution >= 0.6 is 15.9 Å². The van der Waals surface area contributed by atoms with Crippen LogP contribution in [0.5, 0.6) is 0 Å². The van der Waals surface area contributed by atoms with Gasteiger partial charge in [-0.2, -0.15) is 0 Å². The molecule has 0 rings (SSSR count). The highest BCUT2D eigenvalue weighted by molar-refractivity contribution is 9.10. The third kappa shape index (κ3) is 6.44. The molecule has 8 heavy (non-hydrogen) atoms. The number of hydrogen-bond donors (Lipinski definition) is 0. The molecule has 0 aliphatic heterocycles. The second kappa shape index (κ2) is 2.83. The zero-order chi connectivity index (χ0) is 6.78. The standard InChI is InChI=1S/C6H12BrO/c1-5(2)4-6(3,7)8/h5H,4H2,1-3H3. The summed E-state index contributed by atoms with van der Waals surface area (Å²) in [6, 6.07) is 0. The average Bonchev–Trinajstić information content (AvgIpc) is 1.21. The molecule has 0 aliphatic carbocycles. The predicted octanol–water partition coefficient (Wildman–Crippen LogP) is 2.57. The van der Waals surface area contributed by atoms with Crippen molar-refractivity contribution in [1.82, 2.24) is 0 Å². The van der Waals surface area contributed by atoms with Gasteiger partial charge >= 0.3 is 0 Å². The molecule has 1 unspecified atom stereocenters. The molecule has 0 aromatic rings. The maximum absolute atomic E-state index is 10.8. The first-order valence-electron chi connectivity index (χ1n) is 2.81. The van der Waals surface area contributed by atoms with Gasteiger partial charge in [0.05, 0.1) is 0 Å². The van der Waals surface area contributed by atoms with E-state index < -0.39 is 4.51 Å². The summed E-state index contributed by atoms with van der Waals surface area (Å²) in [5.74, 6) is 0.483. The van der Waals surface area contributed by atoms with Crippen molar-refractivity contribution in [3.63, 3.8) is 0 Å². The molecule has 0 fully saturated rings. The Morgan fingerprint density at radius 2 is 2.00 bits per heavy atom. The van der Waals surface area contributed by atoms with E-state index in [-0.39, 0.29) is 0 Å². The van der Waals surface area contributed by atoms with Gasteiger partial charge in [-0.25, -0.2) is 5.11 Å². The second-order valence-corrected chi connectivity index (χ2v) is 4.38. The lowest BCUT2D eigenvalue weighted by Crippen LogP contribution is -2.14. The molecule has 0 heterocycles. The summed E-state index contributed by atoms with van der Waals surface area (Å²) in [6.45, 7) is 5.72. The molecule has 0 saturated heterocycles. The Hall–Kier alpha value is 0.440. The van der Waals surface area contributed by atoms with Gasteiger partial charge < -0.3 is 0 Å². The smallest absolute Gasteiger partial charge is 0.155 e. The highest BCUT2D eigenvalue weighted by atomic mass is 79.9. The van der Waals surface area contributed by atoms with E-state index in [1.54, 1.807) is 6.92 Å². The van der Waals surface area contributed by atoms with Gasteiger partial charge in [0, 0.05) is 0 Å². The molecule has 0 spiro atoms. The van der Waals surface area contributed by atoms with Gasteiger partial charge in [0.15, 0.2) is 4.51 Å². The van der Waals surface area contributed by atoms with E-state index in [1.165, 1.54) is 0 Å². The summed E-state index contributed by atoms with van der Waals surface area (Å²) >= 11 is 3.02. The fourth-order valence-electron chi connectivity index (χ4n) is 0.729. The molecule has 1 nitrogen and oxygen atoms in total. The van der Waals surface area contributed by atoms with E-state index in [1.807, 2.05) is 13.8 Å². The third-order valence-electron chi connectivity index (χ3n) is 0.773. The van der Waals surface area contributed by atoms with Crippen molar-refractivity contribution in [2.75, 3.05) is 0 Å². The maximum atomic E-state index is 10.8. The highest BCUT2D eigenvalue weighted by Crippen LogP contribution is 2.22. The van der Waals surface area contributed by atoms with Crippen LogP contribution in [0.15, 0.2) is 0 Å². The zero-order valence-corrected chi connectivity index (χ0v) is 7.16. The second-order valence-electron chi connectivity index (χ2n) is 2.70. The summed E-state index contributed by atoms with van der Waals surface area (Å²) in [5.41, 5.74) is 0. The molecule has 49 valence electrons. The fraction of sp³-hybridized carbons (Fsp3) is 1.00. The van der Waals surface area contributed by atoms with Gasteiger partial charge in [-0.3, -0.25) is 0 Å². The molecule has 0 aromatic carbocycles. The Balaban J connectivity index is 3.39. The molecule has 0 aliphatic rings. The monoisotopic (exact) mass is 179 g/mol. The first-order chi connectivity index (χ1) is 3.42. The van der Waals surface area contributed by atoms with E-state index in [2.05, 4.69) is 15.9 Å². The summed E-state index contributed by atoms with van der Waals surface area (Å²) in [5, 5.41) is 10.8. The van der Waals surface area contributed by atoms with Crippen LogP contribution in [0.1, 0.15) is 27.2 Å². The van der Waals surface area contributed by atoms with Crippen molar-refractivity contribution in [3.8, 4) is 0 Å². The van der Waals surface area contributed by atoms with E-state index in [4.69, 9.17) is 0 Å². The lowest BCUT2D eigenvalue weighted by molar-refractivity contribution is 0.0603. The first kappa shape index (κ1) is 8.44. The van der Waals surface area contributed by atoms with Crippen LogP contribution in [-0.2, 0) is 5.11 Å². The zero-order valence-electron chi connectivity index (χ0n) is 5.57. The first-order valence-corrected chi connectivity index (χ1v) is 3.60. The van der Waals surface area contributed by atoms with Crippen molar-refractivity contribution in [2.24, 2.45) is 5.92 Å². The van der Waals surface area contributed by atoms with Gasteiger partial charge in [0.2, 0.25) is 0 Å². The fourth-order valence-corrected chi connectivity index (χ4v) is 1.38. The molecule has 0 aromatic heterocycles. The van der Waals surface area contributed by atoms with Crippen molar-refractivity contribution >= 4 is 15.9 Å². The largest absolute Gasteiger partial charge is 0.217 e. The molecule has 0 N–H and O–H groups in total. The van der Waals surface area contributed by atoms with E-state index >= 15 is 0 Å². The Labute approximate surface area is 59.2 Å². The Morgan fingerprint density at radius 1 is 1.62 bits per heavy atom. The summed E-state index contributed by atoms with van der Waals surface area (Å²) in [7, 11) is 0. The summed E-state index contributed by atoms with van der Waals surface area (Å²) < 4.78 is -0.916. The quantitative estimate of drug-likeness (QED) is 0.582. The topological polar surface area (TPSA) is 19.9 Å². The molecular weight excluding hydrogens is 168 g/mol. The molecule has 1 radical (unpaired) electrons. The van der Waals surface area contributed by atoms with Crippen LogP contribution < -0.4 is 0 Å². The van der Waals surface area contributed by atoms with Crippen LogP contribution in [0.3, 0.4) is 0 Å². The van der Waals surface area contributed by atoms with Crippen molar-refractivity contribution in [2.45, 2.75) is 31.7 Å². The van der Waals surface area contributed by atoms with Gasteiger partial charge in [0.25, 0.3) is 0 Å². The molecule has 2 heteroatoms. The minimum atomic E-state index is -0.916. The van der Waals surface area contributed by atoms with E-state index in [0.29, 0.717) is 12.3 Å². The van der Waals surface area contributed by atoms with Crippen LogP contribution in [0.4, 0.5) is 0 Å². The van der Waals surface area contributed by atoms with Crippen molar-refractivity contribution in [3.05, 3.63) is 0 Å². The normalized spacial score (nSPS) is 18.8. The van der Waals surface area contributed by atoms with Crippen LogP contribution in [0.25, 0.3) is 0 Å². The average molecular weight is 180 g/mol. The van der Waals surface area contributed by atoms with Gasteiger partial charge in [-0.1, -0.05) is 29.8 Å². The third-order valence-corrected chi connectivity index (χ3v) is 1.10. The SMILES string of the molecule is CC(C)CC(C)([O])Br. The minimum Gasteiger partial charge on any atom is -0.217 e. The molecular formula is C6H12BrO. The molecule has 0 saturated carbocycles. The Bertz CT molecular complexity index is 63.4. The van der Waals surface area contributed by atoms with Gasteiger partial charge in [-0.05, 0) is 19.3 Å². The van der Waals surface area contributed by atoms with Crippen molar-refractivity contribution in [1.29, 1.82) is 0 Å². The lowest BCUT2D eigenvalue weighted by Gasteiger charge is -2.13. The van der Waals surface area contributed by atoms with Crippen LogP contribution in [-0.4, -0.2) is 4.51 Å². The number of alkyl halides is 1. The number of hydrogen-bond acceptors (Lipinski definition) is 0. The van der Waals surface area contributed by atoms with Gasteiger partial charge in [0.1, 0.15) is 0 Å². The maximum Gasteiger partial charge on any atom is 0.155 e. The number of halogens is 1. The summed E-state index contributed by atoms with van der Waals surface area (Å²) in [6.07, 6.45) is 0.688. The predicted molar refractivity (Wildman–Crippen MR) is 37.5 cm³/mol. The minimum absolute atomic E-state index is 0.483. The van der Waals surface area contributed by atoms with E-state index in [9.17, 15) is 5.11 Å². The molecule has 0 bridgehead atoms. The molecule has 0 amide bonds. The number of rotatable bonds is 2. The summed E-state index contributed by atoms with van der Waals surface area (Å²) in [4.78, 5) is 0. The lowest BCUT2D eigenvalue weighted by atomic mass is 10.1. The Kier molecular flexibility index (Phi) is 2.99. The van der Waals surface area contributed by atoms with E-state index in [0.717, 1.165) is 0 Å². The van der Waals surface area contributed by atoms with Crippen LogP contribution in [0.2, 0.25) is 0 Å². The highest BCUT2D eigenvalue weighted by Gasteiger charge is 2.18.